The molecule has 1 unspecified atom stereocenters. The highest BCUT2D eigenvalue weighted by Gasteiger charge is 2.40. The maximum Gasteiger partial charge on any atom is 0.326 e. The van der Waals surface area contributed by atoms with E-state index in [4.69, 9.17) is 16.7 Å². The van der Waals surface area contributed by atoms with Crippen molar-refractivity contribution < 1.29 is 14.7 Å². The van der Waals surface area contributed by atoms with Gasteiger partial charge in [0.05, 0.1) is 10.7 Å². The topological polar surface area (TPSA) is 75.4 Å². The van der Waals surface area contributed by atoms with Gasteiger partial charge in [0.15, 0.2) is 5.69 Å². The molecule has 1 amide bonds. The summed E-state index contributed by atoms with van der Waals surface area (Å²) in [5, 5.41) is 13.5. The summed E-state index contributed by atoms with van der Waals surface area (Å²) in [4.78, 5) is 24.9. The molecule has 6 nitrogen and oxygen atoms in total. The van der Waals surface area contributed by atoms with E-state index in [9.17, 15) is 9.59 Å². The van der Waals surface area contributed by atoms with Gasteiger partial charge >= 0.3 is 5.97 Å². The fraction of sp³-hybridized carbons (Fsp3) is 0.583. The molecule has 0 spiro atoms. The standard InChI is InChI=1S/C12H16ClN3O3/c1-6-9(13)10(14-15(6)3)11(17)16(8-4-5-8)7(2)12(18)19/h7-8H,4-5H2,1-3H3,(H,18,19). The molecule has 1 heterocycles. The van der Waals surface area contributed by atoms with Gasteiger partial charge in [0.2, 0.25) is 0 Å². The SMILES string of the molecule is Cc1c(Cl)c(C(=O)N(C2CC2)C(C)C(=O)O)nn1C. The van der Waals surface area contributed by atoms with Crippen molar-refractivity contribution in [3.63, 3.8) is 0 Å². The quantitative estimate of drug-likeness (QED) is 0.909. The third-order valence-electron chi connectivity index (χ3n) is 3.41. The van der Waals surface area contributed by atoms with Crippen LogP contribution >= 0.6 is 11.6 Å². The third-order valence-corrected chi connectivity index (χ3v) is 3.87. The van der Waals surface area contributed by atoms with Crippen LogP contribution in [0.15, 0.2) is 0 Å². The van der Waals surface area contributed by atoms with Crippen molar-refractivity contribution in [2.24, 2.45) is 7.05 Å². The molecule has 7 heteroatoms. The lowest BCUT2D eigenvalue weighted by Gasteiger charge is -2.25. The van der Waals surface area contributed by atoms with Crippen LogP contribution in [0.4, 0.5) is 0 Å². The molecular formula is C12H16ClN3O3. The Labute approximate surface area is 115 Å². The first-order valence-electron chi connectivity index (χ1n) is 6.09. The number of carboxylic acid groups (broad SMARTS) is 1. The Balaban J connectivity index is 2.34. The van der Waals surface area contributed by atoms with Crippen molar-refractivity contribution in [2.75, 3.05) is 0 Å². The number of hydrogen-bond donors (Lipinski definition) is 1. The first kappa shape index (κ1) is 13.9. The first-order valence-corrected chi connectivity index (χ1v) is 6.47. The fourth-order valence-electron chi connectivity index (χ4n) is 1.97. The highest BCUT2D eigenvalue weighted by Crippen LogP contribution is 2.31. The predicted octanol–water partition coefficient (Wildman–Crippen LogP) is 1.46. The van der Waals surface area contributed by atoms with Crippen LogP contribution in [0.2, 0.25) is 5.02 Å². The molecule has 1 aliphatic rings. The number of aromatic nitrogens is 2. The Morgan fingerprint density at radius 2 is 2.11 bits per heavy atom. The van der Waals surface area contributed by atoms with Crippen molar-refractivity contribution in [3.8, 4) is 0 Å². The zero-order chi connectivity index (χ0) is 14.3. The van der Waals surface area contributed by atoms with Gasteiger partial charge in [-0.15, -0.1) is 0 Å². The molecule has 19 heavy (non-hydrogen) atoms. The van der Waals surface area contributed by atoms with Crippen LogP contribution in [-0.4, -0.2) is 43.7 Å². The number of amides is 1. The van der Waals surface area contributed by atoms with Crippen LogP contribution in [0.5, 0.6) is 0 Å². The number of hydrogen-bond acceptors (Lipinski definition) is 3. The van der Waals surface area contributed by atoms with Gasteiger partial charge in [0, 0.05) is 13.1 Å². The lowest BCUT2D eigenvalue weighted by atomic mass is 10.2. The van der Waals surface area contributed by atoms with E-state index in [2.05, 4.69) is 5.10 Å². The van der Waals surface area contributed by atoms with Crippen molar-refractivity contribution in [2.45, 2.75) is 38.8 Å². The van der Waals surface area contributed by atoms with E-state index in [1.54, 1.807) is 14.0 Å². The Bertz CT molecular complexity index is 537. The number of halogens is 1. The average Bonchev–Trinajstić information content (AvgIpc) is 3.14. The van der Waals surface area contributed by atoms with E-state index in [1.165, 1.54) is 16.5 Å². The highest BCUT2D eigenvalue weighted by molar-refractivity contribution is 6.34. The number of aliphatic carboxylic acids is 1. The Hall–Kier alpha value is -1.56. The maximum absolute atomic E-state index is 12.5. The highest BCUT2D eigenvalue weighted by atomic mass is 35.5. The first-order chi connectivity index (χ1) is 8.84. The minimum atomic E-state index is -1.02. The van der Waals surface area contributed by atoms with Crippen molar-refractivity contribution in [1.29, 1.82) is 0 Å². The second-order valence-corrected chi connectivity index (χ2v) is 5.21. The van der Waals surface area contributed by atoms with Crippen LogP contribution in [-0.2, 0) is 11.8 Å². The van der Waals surface area contributed by atoms with Crippen LogP contribution in [0, 0.1) is 6.92 Å². The molecule has 1 atom stereocenters. The van der Waals surface area contributed by atoms with Gasteiger partial charge in [-0.3, -0.25) is 9.48 Å². The van der Waals surface area contributed by atoms with Crippen LogP contribution in [0.3, 0.4) is 0 Å². The number of aryl methyl sites for hydroxylation is 1. The van der Waals surface area contributed by atoms with Gasteiger partial charge in [0.1, 0.15) is 6.04 Å². The van der Waals surface area contributed by atoms with Crippen LogP contribution in [0.1, 0.15) is 35.9 Å². The van der Waals surface area contributed by atoms with Crippen LogP contribution < -0.4 is 0 Å². The summed E-state index contributed by atoms with van der Waals surface area (Å²) in [6, 6.07) is -0.893. The maximum atomic E-state index is 12.5. The third kappa shape index (κ3) is 2.45. The van der Waals surface area contributed by atoms with Gasteiger partial charge in [-0.05, 0) is 26.7 Å². The number of carbonyl (C=O) groups is 2. The summed E-state index contributed by atoms with van der Waals surface area (Å²) in [6.07, 6.45) is 1.65. The van der Waals surface area contributed by atoms with Gasteiger partial charge in [-0.2, -0.15) is 5.10 Å². The smallest absolute Gasteiger partial charge is 0.326 e. The molecule has 1 aromatic rings. The number of carbonyl (C=O) groups excluding carboxylic acids is 1. The minimum Gasteiger partial charge on any atom is -0.480 e. The molecule has 1 aromatic heterocycles. The Morgan fingerprint density at radius 3 is 2.47 bits per heavy atom. The molecule has 1 saturated carbocycles. The molecule has 0 bridgehead atoms. The van der Waals surface area contributed by atoms with Crippen molar-refractivity contribution in [1.82, 2.24) is 14.7 Å². The Morgan fingerprint density at radius 1 is 1.53 bits per heavy atom. The lowest BCUT2D eigenvalue weighted by Crippen LogP contribution is -2.45. The molecule has 0 aliphatic heterocycles. The van der Waals surface area contributed by atoms with Crippen LogP contribution in [0.25, 0.3) is 0 Å². The van der Waals surface area contributed by atoms with Crippen molar-refractivity contribution >= 4 is 23.5 Å². The molecule has 0 saturated heterocycles. The molecule has 1 N–H and O–H groups in total. The monoisotopic (exact) mass is 285 g/mol. The molecule has 1 aliphatic carbocycles. The zero-order valence-electron chi connectivity index (χ0n) is 11.1. The zero-order valence-corrected chi connectivity index (χ0v) is 11.8. The van der Waals surface area contributed by atoms with E-state index >= 15 is 0 Å². The van der Waals surface area contributed by atoms with Gasteiger partial charge in [-0.25, -0.2) is 4.79 Å². The molecule has 0 aromatic carbocycles. The molecule has 0 radical (unpaired) electrons. The van der Waals surface area contributed by atoms with E-state index in [0.29, 0.717) is 5.69 Å². The predicted molar refractivity (Wildman–Crippen MR) is 69.2 cm³/mol. The molecular weight excluding hydrogens is 270 g/mol. The van der Waals surface area contributed by atoms with Gasteiger partial charge in [0.25, 0.3) is 5.91 Å². The summed E-state index contributed by atoms with van der Waals surface area (Å²) in [5.41, 5.74) is 0.811. The van der Waals surface area contributed by atoms with Gasteiger partial charge < -0.3 is 10.0 Å². The molecule has 104 valence electrons. The number of carboxylic acids is 1. The van der Waals surface area contributed by atoms with E-state index in [1.807, 2.05) is 0 Å². The number of rotatable bonds is 4. The Kier molecular flexibility index (Phi) is 3.54. The summed E-state index contributed by atoms with van der Waals surface area (Å²) >= 11 is 6.08. The normalized spacial score (nSPS) is 16.2. The van der Waals surface area contributed by atoms with E-state index in [-0.39, 0.29) is 16.8 Å². The molecule has 2 rings (SSSR count). The van der Waals surface area contributed by atoms with E-state index < -0.39 is 17.9 Å². The number of nitrogens with zero attached hydrogens (tertiary/aromatic N) is 3. The van der Waals surface area contributed by atoms with E-state index in [0.717, 1.165) is 12.8 Å². The van der Waals surface area contributed by atoms with Gasteiger partial charge in [-0.1, -0.05) is 11.6 Å². The summed E-state index contributed by atoms with van der Waals surface area (Å²) in [7, 11) is 1.69. The summed E-state index contributed by atoms with van der Waals surface area (Å²) in [6.45, 7) is 3.26. The molecule has 1 fully saturated rings. The fourth-order valence-corrected chi connectivity index (χ4v) is 2.21. The minimum absolute atomic E-state index is 0.0167. The average molecular weight is 286 g/mol. The van der Waals surface area contributed by atoms with Crippen molar-refractivity contribution in [3.05, 3.63) is 16.4 Å². The summed E-state index contributed by atoms with van der Waals surface area (Å²) in [5.74, 6) is -1.44. The lowest BCUT2D eigenvalue weighted by molar-refractivity contribution is -0.141. The second kappa shape index (κ2) is 4.85. The largest absolute Gasteiger partial charge is 0.480 e. The second-order valence-electron chi connectivity index (χ2n) is 4.83. The summed E-state index contributed by atoms with van der Waals surface area (Å²) < 4.78 is 1.52.